The van der Waals surface area contributed by atoms with Crippen molar-refractivity contribution in [3.63, 3.8) is 0 Å². The molecule has 0 saturated heterocycles. The van der Waals surface area contributed by atoms with Crippen LogP contribution < -0.4 is 5.32 Å². The van der Waals surface area contributed by atoms with E-state index in [1.54, 1.807) is 20.8 Å². The van der Waals surface area contributed by atoms with Gasteiger partial charge in [-0.15, -0.1) is 0 Å². The van der Waals surface area contributed by atoms with Gasteiger partial charge in [-0.05, 0) is 32.4 Å². The average molecular weight is 341 g/mol. The maximum absolute atomic E-state index is 13.2. The molecule has 1 aromatic rings. The maximum atomic E-state index is 13.2. The van der Waals surface area contributed by atoms with Gasteiger partial charge in [-0.2, -0.15) is 0 Å². The van der Waals surface area contributed by atoms with Gasteiger partial charge in [-0.1, -0.05) is 24.3 Å². The quantitative estimate of drug-likeness (QED) is 0.668. The summed E-state index contributed by atoms with van der Waals surface area (Å²) in [5.41, 5.74) is -0.610. The number of amides is 1. The largest absolute Gasteiger partial charge is 0.464 e. The van der Waals surface area contributed by atoms with E-state index in [9.17, 15) is 18.4 Å². The van der Waals surface area contributed by atoms with Crippen molar-refractivity contribution in [1.82, 2.24) is 5.32 Å². The van der Waals surface area contributed by atoms with Crippen LogP contribution in [0, 0.1) is 0 Å². The van der Waals surface area contributed by atoms with Gasteiger partial charge in [0.25, 0.3) is 5.92 Å². The van der Waals surface area contributed by atoms with Crippen molar-refractivity contribution in [2.75, 3.05) is 7.11 Å². The van der Waals surface area contributed by atoms with E-state index in [-0.39, 0.29) is 11.3 Å². The topological polar surface area (TPSA) is 64.6 Å². The molecule has 5 nitrogen and oxygen atoms in total. The number of methoxy groups -OCH3 is 1. The molecule has 1 rings (SSSR count). The number of carbonyl (C=O) groups excluding carboxylic acids is 2. The molecule has 0 aliphatic rings. The highest BCUT2D eigenvalue weighted by molar-refractivity contribution is 5.96. The van der Waals surface area contributed by atoms with Crippen molar-refractivity contribution >= 4 is 18.1 Å². The number of benzene rings is 1. The number of rotatable bonds is 4. The zero-order chi connectivity index (χ0) is 18.5. The summed E-state index contributed by atoms with van der Waals surface area (Å²) in [5.74, 6) is -3.74. The molecule has 0 fully saturated rings. The summed E-state index contributed by atoms with van der Waals surface area (Å²) in [5, 5.41) is 2.29. The number of alkyl halides is 2. The Hall–Kier alpha value is -2.44. The SMILES string of the molecule is COC(=O)/C(=C/c1ccc(C(C)(F)F)cc1)NC(=O)OC(C)(C)C. The number of ether oxygens (including phenoxy) is 2. The molecule has 0 atom stereocenters. The number of alkyl carbamates (subject to hydrolysis) is 1. The molecule has 132 valence electrons. The van der Waals surface area contributed by atoms with Crippen molar-refractivity contribution < 1.29 is 27.8 Å². The van der Waals surface area contributed by atoms with Crippen LogP contribution in [0.5, 0.6) is 0 Å². The zero-order valence-corrected chi connectivity index (χ0v) is 14.3. The van der Waals surface area contributed by atoms with Crippen LogP contribution in [0.4, 0.5) is 13.6 Å². The van der Waals surface area contributed by atoms with Gasteiger partial charge in [0.1, 0.15) is 11.3 Å². The average Bonchev–Trinajstić information content (AvgIpc) is 2.43. The molecule has 1 amide bonds. The van der Waals surface area contributed by atoms with Gasteiger partial charge in [0.05, 0.1) is 7.11 Å². The number of hydrogen-bond donors (Lipinski definition) is 1. The molecule has 0 radical (unpaired) electrons. The van der Waals surface area contributed by atoms with Crippen molar-refractivity contribution in [1.29, 1.82) is 0 Å². The van der Waals surface area contributed by atoms with E-state index < -0.39 is 23.6 Å². The third kappa shape index (κ3) is 6.36. The lowest BCUT2D eigenvalue weighted by molar-refractivity contribution is -0.136. The summed E-state index contributed by atoms with van der Waals surface area (Å²) < 4.78 is 36.1. The summed E-state index contributed by atoms with van der Waals surface area (Å²) >= 11 is 0. The number of halogens is 2. The monoisotopic (exact) mass is 341 g/mol. The van der Waals surface area contributed by atoms with Gasteiger partial charge in [-0.3, -0.25) is 5.32 Å². The van der Waals surface area contributed by atoms with Crippen LogP contribution in [0.1, 0.15) is 38.8 Å². The highest BCUT2D eigenvalue weighted by Gasteiger charge is 2.24. The fourth-order valence-electron chi connectivity index (χ4n) is 1.71. The zero-order valence-electron chi connectivity index (χ0n) is 14.3. The molecule has 0 aliphatic carbocycles. The van der Waals surface area contributed by atoms with E-state index in [2.05, 4.69) is 10.1 Å². The van der Waals surface area contributed by atoms with E-state index in [0.29, 0.717) is 5.56 Å². The second kappa shape index (κ2) is 7.42. The lowest BCUT2D eigenvalue weighted by Gasteiger charge is -2.20. The van der Waals surface area contributed by atoms with Crippen molar-refractivity contribution in [2.45, 2.75) is 39.2 Å². The molecule has 0 spiro atoms. The molecular weight excluding hydrogens is 320 g/mol. The number of nitrogens with one attached hydrogen (secondary N) is 1. The maximum Gasteiger partial charge on any atom is 0.412 e. The molecule has 0 unspecified atom stereocenters. The lowest BCUT2D eigenvalue weighted by Crippen LogP contribution is -2.34. The van der Waals surface area contributed by atoms with E-state index in [1.165, 1.54) is 30.3 Å². The highest BCUT2D eigenvalue weighted by Crippen LogP contribution is 2.27. The van der Waals surface area contributed by atoms with E-state index in [0.717, 1.165) is 14.0 Å². The fraction of sp³-hybridized carbons (Fsp3) is 0.412. The number of esters is 1. The van der Waals surface area contributed by atoms with Crippen molar-refractivity contribution in [3.05, 3.63) is 41.1 Å². The smallest absolute Gasteiger partial charge is 0.412 e. The Bertz CT molecular complexity index is 625. The Morgan fingerprint density at radius 1 is 1.08 bits per heavy atom. The van der Waals surface area contributed by atoms with Gasteiger partial charge in [0.15, 0.2) is 0 Å². The first kappa shape index (κ1) is 19.6. The third-order valence-electron chi connectivity index (χ3n) is 2.77. The Kier molecular flexibility index (Phi) is 6.06. The van der Waals surface area contributed by atoms with Crippen molar-refractivity contribution in [2.24, 2.45) is 0 Å². The number of carbonyl (C=O) groups is 2. The van der Waals surface area contributed by atoms with Crippen LogP contribution >= 0.6 is 0 Å². The Labute approximate surface area is 139 Å². The molecule has 7 heteroatoms. The summed E-state index contributed by atoms with van der Waals surface area (Å²) in [6, 6.07) is 5.31. The summed E-state index contributed by atoms with van der Waals surface area (Å²) in [4.78, 5) is 23.5. The Morgan fingerprint density at radius 2 is 1.62 bits per heavy atom. The molecule has 0 aliphatic heterocycles. The van der Waals surface area contributed by atoms with E-state index in [4.69, 9.17) is 4.74 Å². The molecular formula is C17H21F2NO4. The lowest BCUT2D eigenvalue weighted by atomic mass is 10.1. The van der Waals surface area contributed by atoms with Gasteiger partial charge in [0, 0.05) is 12.5 Å². The predicted molar refractivity (Wildman–Crippen MR) is 85.4 cm³/mol. The van der Waals surface area contributed by atoms with Crippen molar-refractivity contribution in [3.8, 4) is 0 Å². The van der Waals surface area contributed by atoms with Crippen LogP contribution in [0.15, 0.2) is 30.0 Å². The molecule has 0 saturated carbocycles. The third-order valence-corrected chi connectivity index (χ3v) is 2.77. The Morgan fingerprint density at radius 3 is 2.04 bits per heavy atom. The minimum absolute atomic E-state index is 0.153. The Balaban J connectivity index is 3.02. The summed E-state index contributed by atoms with van der Waals surface area (Å²) in [7, 11) is 1.16. The first-order valence-electron chi connectivity index (χ1n) is 7.21. The second-order valence-corrected chi connectivity index (χ2v) is 6.19. The minimum Gasteiger partial charge on any atom is -0.464 e. The molecule has 24 heavy (non-hydrogen) atoms. The molecule has 1 N–H and O–H groups in total. The second-order valence-electron chi connectivity index (χ2n) is 6.19. The first-order valence-corrected chi connectivity index (χ1v) is 7.21. The van der Waals surface area contributed by atoms with Gasteiger partial charge >= 0.3 is 12.1 Å². The first-order chi connectivity index (χ1) is 10.9. The summed E-state index contributed by atoms with van der Waals surface area (Å²) in [6.07, 6.45) is 0.490. The number of hydrogen-bond acceptors (Lipinski definition) is 4. The highest BCUT2D eigenvalue weighted by atomic mass is 19.3. The van der Waals surface area contributed by atoms with E-state index >= 15 is 0 Å². The van der Waals surface area contributed by atoms with E-state index in [1.807, 2.05) is 0 Å². The molecule has 0 aromatic heterocycles. The van der Waals surface area contributed by atoms with Gasteiger partial charge in [0.2, 0.25) is 0 Å². The fourth-order valence-corrected chi connectivity index (χ4v) is 1.71. The summed E-state index contributed by atoms with van der Waals surface area (Å²) in [6.45, 7) is 5.83. The van der Waals surface area contributed by atoms with Crippen LogP contribution in [-0.4, -0.2) is 24.8 Å². The minimum atomic E-state index is -2.96. The predicted octanol–water partition coefficient (Wildman–Crippen LogP) is 3.84. The van der Waals surface area contributed by atoms with Gasteiger partial charge in [-0.25, -0.2) is 18.4 Å². The van der Waals surface area contributed by atoms with Gasteiger partial charge < -0.3 is 9.47 Å². The molecule has 0 heterocycles. The molecule has 1 aromatic carbocycles. The van der Waals surface area contributed by atoms with Crippen LogP contribution in [0.2, 0.25) is 0 Å². The standard InChI is InChI=1S/C17H21F2NO4/c1-16(2,3)24-15(22)20-13(14(21)23-5)10-11-6-8-12(9-7-11)17(4,18)19/h6-10H,1-5H3,(H,20,22)/b13-10-. The molecule has 0 bridgehead atoms. The van der Waals surface area contributed by atoms with Crippen LogP contribution in [-0.2, 0) is 20.2 Å². The normalized spacial score (nSPS) is 12.5. The van der Waals surface area contributed by atoms with Crippen LogP contribution in [0.3, 0.4) is 0 Å². The van der Waals surface area contributed by atoms with Crippen LogP contribution in [0.25, 0.3) is 6.08 Å².